The van der Waals surface area contributed by atoms with Crippen molar-refractivity contribution in [2.45, 2.75) is 39.3 Å². The van der Waals surface area contributed by atoms with Crippen molar-refractivity contribution < 1.29 is 4.74 Å². The molecule has 23 heavy (non-hydrogen) atoms. The third-order valence-corrected chi connectivity index (χ3v) is 4.05. The summed E-state index contributed by atoms with van der Waals surface area (Å²) in [5.41, 5.74) is 3.34. The van der Waals surface area contributed by atoms with E-state index in [0.717, 1.165) is 56.2 Å². The van der Waals surface area contributed by atoms with Gasteiger partial charge in [0.05, 0.1) is 12.3 Å². The van der Waals surface area contributed by atoms with Crippen molar-refractivity contribution in [2.24, 2.45) is 0 Å². The average Bonchev–Trinajstić information content (AvgIpc) is 2.58. The van der Waals surface area contributed by atoms with Crippen molar-refractivity contribution in [3.8, 4) is 0 Å². The van der Waals surface area contributed by atoms with Gasteiger partial charge in [-0.15, -0.1) is 0 Å². The van der Waals surface area contributed by atoms with Crippen LogP contribution in [0.2, 0.25) is 0 Å². The van der Waals surface area contributed by atoms with Crippen molar-refractivity contribution >= 4 is 0 Å². The Morgan fingerprint density at radius 1 is 1.17 bits per heavy atom. The molecule has 0 spiro atoms. The summed E-state index contributed by atoms with van der Waals surface area (Å²) in [5, 5.41) is 0. The third kappa shape index (κ3) is 4.33. The second kappa shape index (κ2) is 7.62. The lowest BCUT2D eigenvalue weighted by Gasteiger charge is -2.32. The first-order valence-electron chi connectivity index (χ1n) is 8.31. The fourth-order valence-corrected chi connectivity index (χ4v) is 2.77. The molecular weight excluding hydrogens is 288 g/mol. The molecule has 0 bridgehead atoms. The summed E-state index contributed by atoms with van der Waals surface area (Å²) >= 11 is 0. The van der Waals surface area contributed by atoms with Gasteiger partial charge in [-0.05, 0) is 25.0 Å². The number of pyridine rings is 1. The van der Waals surface area contributed by atoms with E-state index in [1.165, 1.54) is 5.56 Å². The van der Waals surface area contributed by atoms with Gasteiger partial charge < -0.3 is 4.74 Å². The normalized spacial score (nSPS) is 19.0. The first-order valence-corrected chi connectivity index (χ1v) is 8.31. The number of hydrogen-bond donors (Lipinski definition) is 0. The van der Waals surface area contributed by atoms with E-state index in [4.69, 9.17) is 4.74 Å². The second-order valence-electron chi connectivity index (χ2n) is 6.11. The Kier molecular flexibility index (Phi) is 5.31. The number of nitrogens with zero attached hydrogens (tertiary/aromatic N) is 4. The van der Waals surface area contributed by atoms with Crippen LogP contribution >= 0.6 is 0 Å². The molecule has 0 aliphatic carbocycles. The van der Waals surface area contributed by atoms with Gasteiger partial charge in [-0.1, -0.05) is 13.0 Å². The molecule has 5 nitrogen and oxygen atoms in total. The molecular formula is C18H24N4O. The third-order valence-electron chi connectivity index (χ3n) is 4.05. The standard InChI is InChI=1S/C18H24N4O/c1-3-4-18-20-10-15(11-21-18)12-22-7-8-23-17(13-22)16-6-5-14(2)9-19-16/h5-6,9-11,17H,3-4,7-8,12-13H2,1-2H3/t17-/m1/s1. The Hall–Kier alpha value is -1.85. The summed E-state index contributed by atoms with van der Waals surface area (Å²) < 4.78 is 5.89. The number of rotatable bonds is 5. The number of hydrogen-bond acceptors (Lipinski definition) is 5. The molecule has 2 aromatic heterocycles. The van der Waals surface area contributed by atoms with Crippen molar-refractivity contribution in [1.82, 2.24) is 19.9 Å². The molecule has 0 amide bonds. The lowest BCUT2D eigenvalue weighted by atomic mass is 10.1. The van der Waals surface area contributed by atoms with E-state index >= 15 is 0 Å². The fourth-order valence-electron chi connectivity index (χ4n) is 2.77. The Balaban J connectivity index is 1.61. The summed E-state index contributed by atoms with van der Waals surface area (Å²) in [6, 6.07) is 4.15. The first-order chi connectivity index (χ1) is 11.2. The molecule has 0 saturated carbocycles. The van der Waals surface area contributed by atoms with E-state index < -0.39 is 0 Å². The molecule has 1 aliphatic rings. The van der Waals surface area contributed by atoms with E-state index in [9.17, 15) is 0 Å². The zero-order valence-electron chi connectivity index (χ0n) is 13.9. The van der Waals surface area contributed by atoms with Crippen LogP contribution < -0.4 is 0 Å². The van der Waals surface area contributed by atoms with Crippen LogP contribution in [-0.4, -0.2) is 39.5 Å². The Morgan fingerprint density at radius 3 is 2.70 bits per heavy atom. The first kappa shape index (κ1) is 16.0. The minimum absolute atomic E-state index is 0.0460. The molecule has 5 heteroatoms. The highest BCUT2D eigenvalue weighted by Gasteiger charge is 2.23. The smallest absolute Gasteiger partial charge is 0.128 e. The number of ether oxygens (including phenoxy) is 1. The monoisotopic (exact) mass is 312 g/mol. The van der Waals surface area contributed by atoms with Gasteiger partial charge in [0, 0.05) is 50.2 Å². The van der Waals surface area contributed by atoms with Crippen LogP contribution in [0.15, 0.2) is 30.7 Å². The van der Waals surface area contributed by atoms with Crippen LogP contribution in [-0.2, 0) is 17.7 Å². The zero-order chi connectivity index (χ0) is 16.1. The summed E-state index contributed by atoms with van der Waals surface area (Å²) in [7, 11) is 0. The van der Waals surface area contributed by atoms with Crippen LogP contribution in [0.5, 0.6) is 0 Å². The Bertz CT molecular complexity index is 612. The predicted molar refractivity (Wildman–Crippen MR) is 89.0 cm³/mol. The van der Waals surface area contributed by atoms with Gasteiger partial charge in [0.25, 0.3) is 0 Å². The highest BCUT2D eigenvalue weighted by atomic mass is 16.5. The summed E-state index contributed by atoms with van der Waals surface area (Å²) in [6.45, 7) is 7.57. The highest BCUT2D eigenvalue weighted by molar-refractivity contribution is 5.15. The largest absolute Gasteiger partial charge is 0.369 e. The molecule has 3 heterocycles. The maximum atomic E-state index is 5.89. The molecule has 3 rings (SSSR count). The van der Waals surface area contributed by atoms with Crippen LogP contribution in [0.3, 0.4) is 0 Å². The van der Waals surface area contributed by atoms with E-state index in [2.05, 4.69) is 38.9 Å². The SMILES string of the molecule is CCCc1ncc(CN2CCO[C@@H](c3ccc(C)cn3)C2)cn1. The molecule has 122 valence electrons. The molecule has 0 radical (unpaired) electrons. The van der Waals surface area contributed by atoms with Crippen molar-refractivity contribution in [3.05, 3.63) is 53.4 Å². The minimum Gasteiger partial charge on any atom is -0.369 e. The molecule has 1 saturated heterocycles. The van der Waals surface area contributed by atoms with Crippen LogP contribution in [0.4, 0.5) is 0 Å². The maximum Gasteiger partial charge on any atom is 0.128 e. The Labute approximate surface area is 137 Å². The maximum absolute atomic E-state index is 5.89. The van der Waals surface area contributed by atoms with Gasteiger partial charge in [-0.2, -0.15) is 0 Å². The summed E-state index contributed by atoms with van der Waals surface area (Å²) in [4.78, 5) is 15.8. The fraction of sp³-hybridized carbons (Fsp3) is 0.500. The van der Waals surface area contributed by atoms with Crippen LogP contribution in [0.25, 0.3) is 0 Å². The lowest BCUT2D eigenvalue weighted by Crippen LogP contribution is -2.38. The van der Waals surface area contributed by atoms with Gasteiger partial charge in [0.1, 0.15) is 11.9 Å². The topological polar surface area (TPSA) is 51.1 Å². The quantitative estimate of drug-likeness (QED) is 0.849. The van der Waals surface area contributed by atoms with Gasteiger partial charge in [-0.25, -0.2) is 9.97 Å². The van der Waals surface area contributed by atoms with Gasteiger partial charge in [0.2, 0.25) is 0 Å². The lowest BCUT2D eigenvalue weighted by molar-refractivity contribution is -0.0350. The molecule has 1 atom stereocenters. The number of morpholine rings is 1. The molecule has 0 aromatic carbocycles. The molecule has 0 unspecified atom stereocenters. The van der Waals surface area contributed by atoms with Gasteiger partial charge in [0.15, 0.2) is 0 Å². The second-order valence-corrected chi connectivity index (χ2v) is 6.11. The molecule has 1 fully saturated rings. The Morgan fingerprint density at radius 2 is 2.00 bits per heavy atom. The van der Waals surface area contributed by atoms with Crippen molar-refractivity contribution in [3.63, 3.8) is 0 Å². The van der Waals surface area contributed by atoms with E-state index in [-0.39, 0.29) is 6.10 Å². The number of aromatic nitrogens is 3. The summed E-state index contributed by atoms with van der Waals surface area (Å²) in [5.74, 6) is 0.931. The molecule has 1 aliphatic heterocycles. The predicted octanol–water partition coefficient (Wildman–Crippen LogP) is 2.71. The van der Waals surface area contributed by atoms with Crippen LogP contribution in [0, 0.1) is 6.92 Å². The van der Waals surface area contributed by atoms with Crippen molar-refractivity contribution in [1.29, 1.82) is 0 Å². The van der Waals surface area contributed by atoms with Crippen LogP contribution in [0.1, 0.15) is 42.1 Å². The van der Waals surface area contributed by atoms with E-state index in [1.807, 2.05) is 25.5 Å². The average molecular weight is 312 g/mol. The van der Waals surface area contributed by atoms with Gasteiger partial charge in [-0.3, -0.25) is 9.88 Å². The molecule has 0 N–H and O–H groups in total. The number of aryl methyl sites for hydroxylation is 2. The van der Waals surface area contributed by atoms with Gasteiger partial charge >= 0.3 is 0 Å². The van der Waals surface area contributed by atoms with E-state index in [0.29, 0.717) is 0 Å². The van der Waals surface area contributed by atoms with Crippen molar-refractivity contribution in [2.75, 3.05) is 19.7 Å². The molecule has 2 aromatic rings. The zero-order valence-corrected chi connectivity index (χ0v) is 13.9. The highest BCUT2D eigenvalue weighted by Crippen LogP contribution is 2.21. The minimum atomic E-state index is 0.0460. The summed E-state index contributed by atoms with van der Waals surface area (Å²) in [6.07, 6.45) is 7.87. The van der Waals surface area contributed by atoms with E-state index in [1.54, 1.807) is 0 Å².